The van der Waals surface area contributed by atoms with Gasteiger partial charge in [-0.2, -0.15) is 0 Å². The highest BCUT2D eigenvalue weighted by Crippen LogP contribution is 2.14. The second kappa shape index (κ2) is 7.55. The van der Waals surface area contributed by atoms with E-state index in [0.29, 0.717) is 12.5 Å². The van der Waals surface area contributed by atoms with E-state index in [0.717, 1.165) is 32.0 Å². The van der Waals surface area contributed by atoms with Gasteiger partial charge in [-0.15, -0.1) is 12.4 Å². The van der Waals surface area contributed by atoms with Gasteiger partial charge in [0.1, 0.15) is 11.6 Å². The molecule has 1 unspecified atom stereocenters. The number of aryl methyl sites for hydroxylation is 1. The second-order valence-electron chi connectivity index (χ2n) is 5.00. The molecule has 1 aromatic carbocycles. The minimum absolute atomic E-state index is 0. The molecule has 3 nitrogen and oxygen atoms in total. The molecule has 1 heterocycles. The van der Waals surface area contributed by atoms with E-state index in [2.05, 4.69) is 10.6 Å². The van der Waals surface area contributed by atoms with E-state index in [1.807, 2.05) is 0 Å². The lowest BCUT2D eigenvalue weighted by Gasteiger charge is -2.22. The molecule has 1 aromatic rings. The Balaban J connectivity index is 0.00000200. The van der Waals surface area contributed by atoms with Crippen LogP contribution in [0.5, 0.6) is 0 Å². The van der Waals surface area contributed by atoms with Crippen molar-refractivity contribution in [1.82, 2.24) is 10.6 Å². The molecule has 1 fully saturated rings. The van der Waals surface area contributed by atoms with Crippen molar-refractivity contribution in [2.45, 2.75) is 19.8 Å². The van der Waals surface area contributed by atoms with E-state index in [1.54, 1.807) is 0 Å². The number of nitrogens with one attached hydrogen (secondary N) is 2. The Morgan fingerprint density at radius 2 is 2.15 bits per heavy atom. The molecule has 2 N–H and O–H groups in total. The molecule has 0 bridgehead atoms. The number of halogens is 3. The number of carbonyl (C=O) groups excluding carboxylic acids is 1. The highest BCUT2D eigenvalue weighted by molar-refractivity contribution is 5.94. The number of piperidine rings is 1. The van der Waals surface area contributed by atoms with Gasteiger partial charge in [-0.3, -0.25) is 4.79 Å². The van der Waals surface area contributed by atoms with E-state index in [-0.39, 0.29) is 23.5 Å². The monoisotopic (exact) mass is 304 g/mol. The summed E-state index contributed by atoms with van der Waals surface area (Å²) in [5.41, 5.74) is 0.175. The fourth-order valence-electron chi connectivity index (χ4n) is 2.26. The molecular weight excluding hydrogens is 286 g/mol. The summed E-state index contributed by atoms with van der Waals surface area (Å²) in [6, 6.07) is 2.01. The summed E-state index contributed by atoms with van der Waals surface area (Å²) in [5, 5.41) is 5.97. The van der Waals surface area contributed by atoms with Crippen LogP contribution in [0.4, 0.5) is 8.78 Å². The summed E-state index contributed by atoms with van der Waals surface area (Å²) in [6.45, 7) is 3.90. The van der Waals surface area contributed by atoms with Crippen molar-refractivity contribution in [3.63, 3.8) is 0 Å². The van der Waals surface area contributed by atoms with Crippen LogP contribution in [0.1, 0.15) is 28.8 Å². The summed E-state index contributed by atoms with van der Waals surface area (Å²) in [7, 11) is 0. The minimum Gasteiger partial charge on any atom is -0.352 e. The van der Waals surface area contributed by atoms with Crippen LogP contribution in [0.15, 0.2) is 12.1 Å². The lowest BCUT2D eigenvalue weighted by atomic mass is 9.99. The number of hydrogen-bond acceptors (Lipinski definition) is 2. The topological polar surface area (TPSA) is 41.1 Å². The Morgan fingerprint density at radius 3 is 2.80 bits per heavy atom. The number of amides is 1. The Morgan fingerprint density at radius 1 is 1.40 bits per heavy atom. The van der Waals surface area contributed by atoms with Crippen molar-refractivity contribution >= 4 is 18.3 Å². The number of benzene rings is 1. The van der Waals surface area contributed by atoms with Crippen LogP contribution in [0.2, 0.25) is 0 Å². The minimum atomic E-state index is -0.817. The van der Waals surface area contributed by atoms with Gasteiger partial charge in [0.05, 0.1) is 5.56 Å². The summed E-state index contributed by atoms with van der Waals surface area (Å²) >= 11 is 0. The second-order valence-corrected chi connectivity index (χ2v) is 5.00. The molecule has 1 aliphatic heterocycles. The largest absolute Gasteiger partial charge is 0.352 e. The van der Waals surface area contributed by atoms with Crippen LogP contribution in [0, 0.1) is 24.5 Å². The first-order chi connectivity index (χ1) is 9.08. The van der Waals surface area contributed by atoms with Gasteiger partial charge in [0.2, 0.25) is 0 Å². The summed E-state index contributed by atoms with van der Waals surface area (Å²) in [6.07, 6.45) is 2.14. The van der Waals surface area contributed by atoms with Crippen molar-refractivity contribution < 1.29 is 13.6 Å². The van der Waals surface area contributed by atoms with Crippen LogP contribution < -0.4 is 10.6 Å². The zero-order valence-corrected chi connectivity index (χ0v) is 12.2. The lowest BCUT2D eigenvalue weighted by molar-refractivity contribution is 0.0940. The van der Waals surface area contributed by atoms with Crippen molar-refractivity contribution in [2.75, 3.05) is 19.6 Å². The molecule has 0 aromatic heterocycles. The van der Waals surface area contributed by atoms with Crippen LogP contribution in [0.3, 0.4) is 0 Å². The van der Waals surface area contributed by atoms with Crippen molar-refractivity contribution in [2.24, 2.45) is 5.92 Å². The molecule has 1 amide bonds. The molecule has 0 spiro atoms. The highest BCUT2D eigenvalue weighted by atomic mass is 35.5. The molecule has 1 atom stereocenters. The predicted molar refractivity (Wildman–Crippen MR) is 76.3 cm³/mol. The van der Waals surface area contributed by atoms with Gasteiger partial charge in [0, 0.05) is 12.6 Å². The Kier molecular flexibility index (Phi) is 6.36. The van der Waals surface area contributed by atoms with Gasteiger partial charge in [-0.1, -0.05) is 0 Å². The zero-order valence-electron chi connectivity index (χ0n) is 11.3. The van der Waals surface area contributed by atoms with Gasteiger partial charge in [0.25, 0.3) is 5.91 Å². The average molecular weight is 305 g/mol. The Bertz CT molecular complexity index is 476. The molecule has 0 aliphatic carbocycles. The number of hydrogen-bond donors (Lipinski definition) is 2. The molecule has 1 aliphatic rings. The maximum Gasteiger partial charge on any atom is 0.254 e. The molecule has 0 radical (unpaired) electrons. The van der Waals surface area contributed by atoms with Gasteiger partial charge in [-0.25, -0.2) is 8.78 Å². The van der Waals surface area contributed by atoms with Gasteiger partial charge in [0.15, 0.2) is 0 Å². The quantitative estimate of drug-likeness (QED) is 0.900. The van der Waals surface area contributed by atoms with Gasteiger partial charge in [-0.05, 0) is 50.4 Å². The maximum absolute atomic E-state index is 13.5. The molecule has 6 heteroatoms. The van der Waals surface area contributed by atoms with Gasteiger partial charge < -0.3 is 10.6 Å². The third kappa shape index (κ3) is 4.15. The maximum atomic E-state index is 13.5. The molecule has 2 rings (SSSR count). The first-order valence-electron chi connectivity index (χ1n) is 6.52. The fourth-order valence-corrected chi connectivity index (χ4v) is 2.26. The lowest BCUT2D eigenvalue weighted by Crippen LogP contribution is -2.38. The van der Waals surface area contributed by atoms with Crippen LogP contribution >= 0.6 is 12.4 Å². The van der Waals surface area contributed by atoms with E-state index in [4.69, 9.17) is 0 Å². The molecule has 20 heavy (non-hydrogen) atoms. The fraction of sp³-hybridized carbons (Fsp3) is 0.500. The van der Waals surface area contributed by atoms with Crippen LogP contribution in [0.25, 0.3) is 0 Å². The zero-order chi connectivity index (χ0) is 13.8. The molecule has 112 valence electrons. The SMILES string of the molecule is Cc1cc(C(=O)NCC2CCCNC2)c(F)cc1F.Cl. The highest BCUT2D eigenvalue weighted by Gasteiger charge is 2.17. The average Bonchev–Trinajstić information content (AvgIpc) is 2.41. The van der Waals surface area contributed by atoms with Crippen molar-refractivity contribution in [1.29, 1.82) is 0 Å². The van der Waals surface area contributed by atoms with Crippen molar-refractivity contribution in [3.05, 3.63) is 34.9 Å². The third-order valence-corrected chi connectivity index (χ3v) is 3.44. The first kappa shape index (κ1) is 16.9. The first-order valence-corrected chi connectivity index (χ1v) is 6.52. The van der Waals surface area contributed by atoms with E-state index >= 15 is 0 Å². The summed E-state index contributed by atoms with van der Waals surface area (Å²) in [5.74, 6) is -1.55. The Hall–Kier alpha value is -1.20. The number of rotatable bonds is 3. The Labute approximate surface area is 123 Å². The van der Waals surface area contributed by atoms with E-state index in [1.165, 1.54) is 13.0 Å². The van der Waals surface area contributed by atoms with E-state index < -0.39 is 17.5 Å². The molecule has 0 saturated carbocycles. The van der Waals surface area contributed by atoms with Crippen LogP contribution in [-0.2, 0) is 0 Å². The van der Waals surface area contributed by atoms with Gasteiger partial charge >= 0.3 is 0 Å². The third-order valence-electron chi connectivity index (χ3n) is 3.44. The normalized spacial score (nSPS) is 18.2. The standard InChI is InChI=1S/C14H18F2N2O.ClH/c1-9-5-11(13(16)6-12(9)15)14(19)18-8-10-3-2-4-17-7-10;/h5-6,10,17H,2-4,7-8H2,1H3,(H,18,19);1H. The molecular formula is C14H19ClF2N2O. The smallest absolute Gasteiger partial charge is 0.254 e. The number of carbonyl (C=O) groups is 1. The summed E-state index contributed by atoms with van der Waals surface area (Å²) < 4.78 is 26.7. The van der Waals surface area contributed by atoms with Crippen molar-refractivity contribution in [3.8, 4) is 0 Å². The molecule has 1 saturated heterocycles. The van der Waals surface area contributed by atoms with E-state index in [9.17, 15) is 13.6 Å². The van der Waals surface area contributed by atoms with Crippen LogP contribution in [-0.4, -0.2) is 25.5 Å². The predicted octanol–water partition coefficient (Wildman–Crippen LogP) is 2.42. The summed E-state index contributed by atoms with van der Waals surface area (Å²) in [4.78, 5) is 11.9.